The second-order valence-electron chi connectivity index (χ2n) is 3.35. The number of hydrogen-bond donors (Lipinski definition) is 1. The Morgan fingerprint density at radius 1 is 1.87 bits per heavy atom. The lowest BCUT2D eigenvalue weighted by atomic mass is 10.2. The highest BCUT2D eigenvalue weighted by atomic mass is 16.6. The Kier molecular flexibility index (Phi) is 3.43. The minimum atomic E-state index is -0.497. The van der Waals surface area contributed by atoms with E-state index in [9.17, 15) is 10.1 Å². The van der Waals surface area contributed by atoms with Gasteiger partial charge in [-0.25, -0.2) is 0 Å². The highest BCUT2D eigenvalue weighted by Gasteiger charge is 2.20. The quantitative estimate of drug-likeness (QED) is 0.456. The summed E-state index contributed by atoms with van der Waals surface area (Å²) in [6.07, 6.45) is 3.92. The molecule has 0 spiro atoms. The molecule has 82 valence electrons. The standard InChI is InChI=1S/C9H14N4O2/c1-4-5-7(2)11-9-8(13(14)15)10-6-12(9)3/h4,6-7,11H,1,5H2,2-3H3. The van der Waals surface area contributed by atoms with E-state index in [1.165, 1.54) is 6.33 Å². The highest BCUT2D eigenvalue weighted by molar-refractivity contribution is 5.52. The van der Waals surface area contributed by atoms with Crippen LogP contribution >= 0.6 is 0 Å². The van der Waals surface area contributed by atoms with Crippen LogP contribution in [0.25, 0.3) is 0 Å². The summed E-state index contributed by atoms with van der Waals surface area (Å²) in [5.41, 5.74) is 0. The van der Waals surface area contributed by atoms with Gasteiger partial charge in [0.05, 0.1) is 0 Å². The summed E-state index contributed by atoms with van der Waals surface area (Å²) in [5.74, 6) is 0.280. The van der Waals surface area contributed by atoms with Crippen molar-refractivity contribution in [2.45, 2.75) is 19.4 Å². The lowest BCUT2D eigenvalue weighted by Gasteiger charge is -2.12. The molecular formula is C9H14N4O2. The molecule has 1 rings (SSSR count). The zero-order chi connectivity index (χ0) is 11.4. The van der Waals surface area contributed by atoms with Gasteiger partial charge in [-0.1, -0.05) is 6.08 Å². The molecule has 0 aliphatic rings. The number of aryl methyl sites for hydroxylation is 1. The summed E-state index contributed by atoms with van der Waals surface area (Å²) < 4.78 is 1.59. The van der Waals surface area contributed by atoms with Crippen molar-refractivity contribution in [1.29, 1.82) is 0 Å². The molecular weight excluding hydrogens is 196 g/mol. The van der Waals surface area contributed by atoms with Gasteiger partial charge in [0.1, 0.15) is 0 Å². The van der Waals surface area contributed by atoms with Gasteiger partial charge in [-0.2, -0.15) is 0 Å². The molecule has 1 unspecified atom stereocenters. The van der Waals surface area contributed by atoms with Crippen LogP contribution in [-0.2, 0) is 7.05 Å². The van der Waals surface area contributed by atoms with E-state index in [1.807, 2.05) is 6.92 Å². The molecule has 0 aliphatic carbocycles. The average Bonchev–Trinajstić information content (AvgIpc) is 2.48. The highest BCUT2D eigenvalue weighted by Crippen LogP contribution is 2.22. The van der Waals surface area contributed by atoms with Crippen LogP contribution in [0.2, 0.25) is 0 Å². The summed E-state index contributed by atoms with van der Waals surface area (Å²) in [6, 6.07) is 0.0941. The normalized spacial score (nSPS) is 12.1. The van der Waals surface area contributed by atoms with Gasteiger partial charge < -0.3 is 15.4 Å². The number of nitrogens with one attached hydrogen (secondary N) is 1. The molecule has 0 aromatic carbocycles. The lowest BCUT2D eigenvalue weighted by Crippen LogP contribution is -2.16. The zero-order valence-corrected chi connectivity index (χ0v) is 8.80. The first-order valence-corrected chi connectivity index (χ1v) is 4.59. The summed E-state index contributed by atoms with van der Waals surface area (Å²) in [7, 11) is 1.71. The number of hydrogen-bond acceptors (Lipinski definition) is 4. The Hall–Kier alpha value is -1.85. The van der Waals surface area contributed by atoms with E-state index < -0.39 is 4.92 Å². The van der Waals surface area contributed by atoms with Crippen LogP contribution in [0.15, 0.2) is 19.0 Å². The monoisotopic (exact) mass is 210 g/mol. The molecule has 1 heterocycles. The largest absolute Gasteiger partial charge is 0.406 e. The Balaban J connectivity index is 2.87. The Morgan fingerprint density at radius 2 is 2.53 bits per heavy atom. The van der Waals surface area contributed by atoms with Gasteiger partial charge in [0, 0.05) is 13.1 Å². The molecule has 1 N–H and O–H groups in total. The van der Waals surface area contributed by atoms with Crippen LogP contribution in [0.3, 0.4) is 0 Å². The second-order valence-corrected chi connectivity index (χ2v) is 3.35. The first-order valence-electron chi connectivity index (χ1n) is 4.59. The van der Waals surface area contributed by atoms with Crippen molar-refractivity contribution in [2.75, 3.05) is 5.32 Å². The Bertz CT molecular complexity index is 372. The van der Waals surface area contributed by atoms with Crippen LogP contribution in [-0.4, -0.2) is 20.5 Å². The molecule has 1 aromatic heterocycles. The Labute approximate surface area is 87.8 Å². The first-order chi connectivity index (χ1) is 7.06. The minimum absolute atomic E-state index is 0.0941. The molecule has 0 saturated heterocycles. The topological polar surface area (TPSA) is 73.0 Å². The second kappa shape index (κ2) is 4.59. The van der Waals surface area contributed by atoms with E-state index in [2.05, 4.69) is 16.9 Å². The van der Waals surface area contributed by atoms with Crippen molar-refractivity contribution in [3.63, 3.8) is 0 Å². The molecule has 1 atom stereocenters. The molecule has 1 aromatic rings. The fourth-order valence-corrected chi connectivity index (χ4v) is 1.26. The van der Waals surface area contributed by atoms with Crippen molar-refractivity contribution in [2.24, 2.45) is 7.05 Å². The molecule has 0 bridgehead atoms. The van der Waals surface area contributed by atoms with E-state index in [0.29, 0.717) is 5.82 Å². The molecule has 0 aliphatic heterocycles. The third-order valence-electron chi connectivity index (χ3n) is 1.99. The molecule has 15 heavy (non-hydrogen) atoms. The van der Waals surface area contributed by atoms with Crippen molar-refractivity contribution in [1.82, 2.24) is 9.55 Å². The third kappa shape index (κ3) is 2.55. The van der Waals surface area contributed by atoms with Gasteiger partial charge >= 0.3 is 5.82 Å². The van der Waals surface area contributed by atoms with Gasteiger partial charge in [-0.15, -0.1) is 6.58 Å². The number of imidazole rings is 1. The summed E-state index contributed by atoms with van der Waals surface area (Å²) in [5, 5.41) is 13.7. The zero-order valence-electron chi connectivity index (χ0n) is 8.80. The molecule has 6 nitrogen and oxygen atoms in total. The van der Waals surface area contributed by atoms with Gasteiger partial charge in [-0.3, -0.25) is 4.57 Å². The SMILES string of the molecule is C=CCC(C)Nc1c([N+](=O)[O-])ncn1C. The van der Waals surface area contributed by atoms with Crippen LogP contribution < -0.4 is 5.32 Å². The number of anilines is 1. The van der Waals surface area contributed by atoms with Crippen LogP contribution in [0, 0.1) is 10.1 Å². The molecule has 0 amide bonds. The predicted molar refractivity (Wildman–Crippen MR) is 57.8 cm³/mol. The van der Waals surface area contributed by atoms with Crippen molar-refractivity contribution in [3.05, 3.63) is 29.1 Å². The van der Waals surface area contributed by atoms with Crippen LogP contribution in [0.4, 0.5) is 11.6 Å². The first kappa shape index (κ1) is 11.2. The van der Waals surface area contributed by atoms with E-state index in [4.69, 9.17) is 0 Å². The summed E-state index contributed by atoms with van der Waals surface area (Å²) in [4.78, 5) is 13.9. The maximum Gasteiger partial charge on any atom is 0.406 e. The molecule has 0 fully saturated rings. The number of rotatable bonds is 5. The fraction of sp³-hybridized carbons (Fsp3) is 0.444. The van der Waals surface area contributed by atoms with Crippen molar-refractivity contribution < 1.29 is 4.92 Å². The van der Waals surface area contributed by atoms with E-state index >= 15 is 0 Å². The van der Waals surface area contributed by atoms with E-state index in [0.717, 1.165) is 6.42 Å². The Morgan fingerprint density at radius 3 is 3.07 bits per heavy atom. The van der Waals surface area contributed by atoms with E-state index in [-0.39, 0.29) is 11.9 Å². The predicted octanol–water partition coefficient (Wildman–Crippen LogP) is 1.70. The summed E-state index contributed by atoms with van der Waals surface area (Å²) in [6.45, 7) is 5.54. The average molecular weight is 210 g/mol. The summed E-state index contributed by atoms with van der Waals surface area (Å²) >= 11 is 0. The maximum absolute atomic E-state index is 10.6. The van der Waals surface area contributed by atoms with Gasteiger partial charge in [0.15, 0.2) is 0 Å². The maximum atomic E-state index is 10.6. The number of aromatic nitrogens is 2. The number of nitrogens with zero attached hydrogens (tertiary/aromatic N) is 3. The van der Waals surface area contributed by atoms with Gasteiger partial charge in [-0.05, 0) is 23.3 Å². The molecule has 6 heteroatoms. The van der Waals surface area contributed by atoms with Crippen LogP contribution in [0.1, 0.15) is 13.3 Å². The van der Waals surface area contributed by atoms with Gasteiger partial charge in [0.2, 0.25) is 12.1 Å². The minimum Gasteiger partial charge on any atom is -0.362 e. The fourth-order valence-electron chi connectivity index (χ4n) is 1.26. The van der Waals surface area contributed by atoms with Crippen molar-refractivity contribution >= 4 is 11.6 Å². The lowest BCUT2D eigenvalue weighted by molar-refractivity contribution is -0.388. The van der Waals surface area contributed by atoms with Gasteiger partial charge in [0.25, 0.3) is 0 Å². The smallest absolute Gasteiger partial charge is 0.362 e. The molecule has 0 saturated carbocycles. The number of nitro groups is 1. The third-order valence-corrected chi connectivity index (χ3v) is 1.99. The molecule has 0 radical (unpaired) electrons. The van der Waals surface area contributed by atoms with Crippen LogP contribution in [0.5, 0.6) is 0 Å². The van der Waals surface area contributed by atoms with Crippen molar-refractivity contribution in [3.8, 4) is 0 Å². The van der Waals surface area contributed by atoms with E-state index in [1.54, 1.807) is 17.7 Å².